The van der Waals surface area contributed by atoms with E-state index < -0.39 is 5.97 Å². The standard InChI is InChI=1S/C13H18N2O2/c1-10-8-12(14-9-11(10)13(16)17)15-6-4-2-3-5-7-15/h8-9H,2-7H2,1H3,(H,16,17). The van der Waals surface area contributed by atoms with Crippen molar-refractivity contribution in [3.8, 4) is 0 Å². The average Bonchev–Trinajstić information content (AvgIpc) is 2.56. The predicted octanol–water partition coefficient (Wildman–Crippen LogP) is 2.47. The Morgan fingerprint density at radius 1 is 1.29 bits per heavy atom. The van der Waals surface area contributed by atoms with Gasteiger partial charge in [0.2, 0.25) is 0 Å². The molecule has 0 amide bonds. The van der Waals surface area contributed by atoms with Gasteiger partial charge in [-0.3, -0.25) is 0 Å². The molecule has 0 saturated carbocycles. The summed E-state index contributed by atoms with van der Waals surface area (Å²) in [6, 6.07) is 1.88. The monoisotopic (exact) mass is 234 g/mol. The van der Waals surface area contributed by atoms with E-state index in [1.165, 1.54) is 31.9 Å². The van der Waals surface area contributed by atoms with Crippen LogP contribution in [0.1, 0.15) is 41.6 Å². The minimum Gasteiger partial charge on any atom is -0.478 e. The maximum atomic E-state index is 10.9. The molecule has 0 bridgehead atoms. The van der Waals surface area contributed by atoms with Gasteiger partial charge in [0.05, 0.1) is 5.56 Å². The SMILES string of the molecule is Cc1cc(N2CCCCCC2)ncc1C(=O)O. The van der Waals surface area contributed by atoms with Gasteiger partial charge in [-0.25, -0.2) is 9.78 Å². The molecule has 0 unspecified atom stereocenters. The summed E-state index contributed by atoms with van der Waals surface area (Å²) in [5.74, 6) is 0.00631. The molecule has 0 aromatic carbocycles. The third-order valence-corrected chi connectivity index (χ3v) is 3.26. The molecule has 1 saturated heterocycles. The van der Waals surface area contributed by atoms with Crippen molar-refractivity contribution in [3.05, 3.63) is 23.4 Å². The second kappa shape index (κ2) is 5.17. The van der Waals surface area contributed by atoms with Crippen molar-refractivity contribution in [3.63, 3.8) is 0 Å². The van der Waals surface area contributed by atoms with Crippen molar-refractivity contribution in [1.82, 2.24) is 4.98 Å². The van der Waals surface area contributed by atoms with Crippen molar-refractivity contribution < 1.29 is 9.90 Å². The molecule has 1 aliphatic heterocycles. The molecule has 1 aliphatic rings. The highest BCUT2D eigenvalue weighted by Gasteiger charge is 2.14. The zero-order chi connectivity index (χ0) is 12.3. The zero-order valence-electron chi connectivity index (χ0n) is 10.1. The van der Waals surface area contributed by atoms with Crippen LogP contribution in [-0.4, -0.2) is 29.1 Å². The number of anilines is 1. The Morgan fingerprint density at radius 3 is 2.47 bits per heavy atom. The number of hydrogen-bond acceptors (Lipinski definition) is 3. The highest BCUT2D eigenvalue weighted by atomic mass is 16.4. The van der Waals surface area contributed by atoms with E-state index >= 15 is 0 Å². The predicted molar refractivity (Wildman–Crippen MR) is 66.6 cm³/mol. The van der Waals surface area contributed by atoms with Crippen LogP contribution >= 0.6 is 0 Å². The van der Waals surface area contributed by atoms with E-state index in [-0.39, 0.29) is 0 Å². The number of aromatic carboxylic acids is 1. The lowest BCUT2D eigenvalue weighted by atomic mass is 10.1. The fraction of sp³-hybridized carbons (Fsp3) is 0.538. The van der Waals surface area contributed by atoms with Gasteiger partial charge in [0.1, 0.15) is 5.82 Å². The van der Waals surface area contributed by atoms with Crippen LogP contribution in [0.5, 0.6) is 0 Å². The number of hydrogen-bond donors (Lipinski definition) is 1. The Balaban J connectivity index is 2.21. The molecule has 0 spiro atoms. The summed E-state index contributed by atoms with van der Waals surface area (Å²) in [7, 11) is 0. The summed E-state index contributed by atoms with van der Waals surface area (Å²) in [5.41, 5.74) is 1.08. The molecule has 0 radical (unpaired) electrons. The summed E-state index contributed by atoms with van der Waals surface area (Å²) in [5, 5.41) is 8.96. The first-order chi connectivity index (χ1) is 8.18. The lowest BCUT2D eigenvalue weighted by Gasteiger charge is -2.21. The smallest absolute Gasteiger partial charge is 0.337 e. The van der Waals surface area contributed by atoms with E-state index in [1.54, 1.807) is 0 Å². The van der Waals surface area contributed by atoms with Crippen molar-refractivity contribution in [2.45, 2.75) is 32.6 Å². The van der Waals surface area contributed by atoms with Crippen LogP contribution < -0.4 is 4.90 Å². The molecule has 17 heavy (non-hydrogen) atoms. The van der Waals surface area contributed by atoms with Gasteiger partial charge >= 0.3 is 5.97 Å². The number of carboxylic acid groups (broad SMARTS) is 1. The molecule has 4 nitrogen and oxygen atoms in total. The minimum absolute atomic E-state index is 0.295. The van der Waals surface area contributed by atoms with E-state index in [0.717, 1.165) is 24.5 Å². The van der Waals surface area contributed by atoms with Gasteiger partial charge in [0.15, 0.2) is 0 Å². The van der Waals surface area contributed by atoms with E-state index in [4.69, 9.17) is 5.11 Å². The van der Waals surface area contributed by atoms with Crippen LogP contribution in [0.25, 0.3) is 0 Å². The number of carbonyl (C=O) groups is 1. The lowest BCUT2D eigenvalue weighted by molar-refractivity contribution is 0.0695. The summed E-state index contributed by atoms with van der Waals surface area (Å²) >= 11 is 0. The van der Waals surface area contributed by atoms with Crippen LogP contribution in [0.3, 0.4) is 0 Å². The molecular formula is C13H18N2O2. The molecule has 1 aromatic heterocycles. The van der Waals surface area contributed by atoms with Gasteiger partial charge in [-0.1, -0.05) is 12.8 Å². The second-order valence-corrected chi connectivity index (χ2v) is 4.56. The lowest BCUT2D eigenvalue weighted by Crippen LogP contribution is -2.25. The van der Waals surface area contributed by atoms with Crippen LogP contribution in [0, 0.1) is 6.92 Å². The Bertz CT molecular complexity index is 410. The van der Waals surface area contributed by atoms with Crippen LogP contribution in [0.4, 0.5) is 5.82 Å². The molecule has 1 N–H and O–H groups in total. The number of rotatable bonds is 2. The maximum absolute atomic E-state index is 10.9. The Hall–Kier alpha value is -1.58. The minimum atomic E-state index is -0.905. The van der Waals surface area contributed by atoms with Crippen LogP contribution in [0.15, 0.2) is 12.3 Å². The summed E-state index contributed by atoms with van der Waals surface area (Å²) in [4.78, 5) is 17.4. The molecule has 1 fully saturated rings. The van der Waals surface area contributed by atoms with Gasteiger partial charge in [-0.05, 0) is 31.4 Å². The van der Waals surface area contributed by atoms with E-state index in [1.807, 2.05) is 13.0 Å². The Labute approximate surface area is 101 Å². The van der Waals surface area contributed by atoms with Crippen LogP contribution in [-0.2, 0) is 0 Å². The molecule has 1 aromatic rings. The third-order valence-electron chi connectivity index (χ3n) is 3.26. The van der Waals surface area contributed by atoms with Gasteiger partial charge in [-0.2, -0.15) is 0 Å². The first kappa shape index (κ1) is 11.9. The molecule has 2 heterocycles. The van der Waals surface area contributed by atoms with E-state index in [9.17, 15) is 4.79 Å². The summed E-state index contributed by atoms with van der Waals surface area (Å²) in [6.45, 7) is 3.88. The third kappa shape index (κ3) is 2.75. The normalized spacial score (nSPS) is 16.6. The molecule has 92 valence electrons. The number of aryl methyl sites for hydroxylation is 1. The number of pyridine rings is 1. The average molecular weight is 234 g/mol. The number of aromatic nitrogens is 1. The van der Waals surface area contributed by atoms with Crippen molar-refractivity contribution in [1.29, 1.82) is 0 Å². The van der Waals surface area contributed by atoms with Crippen molar-refractivity contribution >= 4 is 11.8 Å². The summed E-state index contributed by atoms with van der Waals surface area (Å²) < 4.78 is 0. The van der Waals surface area contributed by atoms with Crippen LogP contribution in [0.2, 0.25) is 0 Å². The molecule has 0 aliphatic carbocycles. The molecule has 2 rings (SSSR count). The second-order valence-electron chi connectivity index (χ2n) is 4.56. The molecular weight excluding hydrogens is 216 g/mol. The van der Waals surface area contributed by atoms with Gasteiger partial charge in [-0.15, -0.1) is 0 Å². The highest BCUT2D eigenvalue weighted by molar-refractivity contribution is 5.89. The fourth-order valence-electron chi connectivity index (χ4n) is 2.24. The van der Waals surface area contributed by atoms with Gasteiger partial charge < -0.3 is 10.0 Å². The quantitative estimate of drug-likeness (QED) is 0.854. The number of nitrogens with zero attached hydrogens (tertiary/aromatic N) is 2. The first-order valence-corrected chi connectivity index (χ1v) is 6.13. The fourth-order valence-corrected chi connectivity index (χ4v) is 2.24. The van der Waals surface area contributed by atoms with Crippen molar-refractivity contribution in [2.75, 3.05) is 18.0 Å². The number of carboxylic acids is 1. The topological polar surface area (TPSA) is 53.4 Å². The van der Waals surface area contributed by atoms with Crippen molar-refractivity contribution in [2.24, 2.45) is 0 Å². The highest BCUT2D eigenvalue weighted by Crippen LogP contribution is 2.19. The largest absolute Gasteiger partial charge is 0.478 e. The van der Waals surface area contributed by atoms with Gasteiger partial charge in [0.25, 0.3) is 0 Å². The Kier molecular flexibility index (Phi) is 3.61. The Morgan fingerprint density at radius 2 is 1.94 bits per heavy atom. The summed E-state index contributed by atoms with van der Waals surface area (Å²) in [6.07, 6.45) is 6.42. The van der Waals surface area contributed by atoms with E-state index in [0.29, 0.717) is 5.56 Å². The molecule has 0 atom stereocenters. The molecule has 4 heteroatoms. The van der Waals surface area contributed by atoms with Gasteiger partial charge in [0, 0.05) is 19.3 Å². The maximum Gasteiger partial charge on any atom is 0.337 e. The van der Waals surface area contributed by atoms with E-state index in [2.05, 4.69) is 9.88 Å². The first-order valence-electron chi connectivity index (χ1n) is 6.13. The zero-order valence-corrected chi connectivity index (χ0v) is 10.1.